The molecule has 1 aliphatic carbocycles. The number of nitrogens with one attached hydrogen (secondary N) is 2. The number of carbonyl (C=O) groups is 1. The second-order valence-corrected chi connectivity index (χ2v) is 10.5. The van der Waals surface area contributed by atoms with E-state index in [0.29, 0.717) is 18.6 Å². The number of benzene rings is 1. The molecule has 2 fully saturated rings. The van der Waals surface area contributed by atoms with Crippen LogP contribution in [0.15, 0.2) is 18.3 Å². The zero-order chi connectivity index (χ0) is 29.7. The molecule has 1 saturated heterocycles. The molecule has 2 aliphatic rings. The van der Waals surface area contributed by atoms with Gasteiger partial charge in [-0.15, -0.1) is 0 Å². The number of hydrogen-bond donors (Lipinski definition) is 3. The normalized spacial score (nSPS) is 18.9. The number of fused-ring (bicyclic) bond motifs is 1. The third-order valence-electron chi connectivity index (χ3n) is 7.02. The Morgan fingerprint density at radius 3 is 2.54 bits per heavy atom. The first-order valence-electron chi connectivity index (χ1n) is 12.6. The molecule has 0 unspecified atom stereocenters. The number of piperazine rings is 1. The van der Waals surface area contributed by atoms with Gasteiger partial charge < -0.3 is 25.5 Å². The summed E-state index contributed by atoms with van der Waals surface area (Å²) in [6.07, 6.45) is -1.82. The Hall–Kier alpha value is -4.34. The Kier molecular flexibility index (Phi) is 7.05. The van der Waals surface area contributed by atoms with E-state index >= 15 is 0 Å². The molecule has 1 aliphatic heterocycles. The summed E-state index contributed by atoms with van der Waals surface area (Å²) in [5.41, 5.74) is -2.08. The number of halogens is 4. The molecule has 3 aromatic rings. The Morgan fingerprint density at radius 1 is 1.20 bits per heavy atom. The Morgan fingerprint density at radius 2 is 1.93 bits per heavy atom. The van der Waals surface area contributed by atoms with Crippen LogP contribution in [0.3, 0.4) is 0 Å². The van der Waals surface area contributed by atoms with Crippen LogP contribution in [0.4, 0.5) is 36.4 Å². The molecular weight excluding hydrogens is 565 g/mol. The summed E-state index contributed by atoms with van der Waals surface area (Å²) in [4.78, 5) is 24.2. The highest BCUT2D eigenvalue weighted by Gasteiger charge is 2.57. The van der Waals surface area contributed by atoms with Crippen molar-refractivity contribution in [2.24, 2.45) is 0 Å². The van der Waals surface area contributed by atoms with Gasteiger partial charge in [-0.1, -0.05) is 11.6 Å². The van der Waals surface area contributed by atoms with Gasteiger partial charge in [-0.2, -0.15) is 43.3 Å². The zero-order valence-corrected chi connectivity index (χ0v) is 22.6. The Balaban J connectivity index is 1.44. The summed E-state index contributed by atoms with van der Waals surface area (Å²) in [7, 11) is 0. The maximum Gasteiger partial charge on any atom is 0.426 e. The fourth-order valence-corrected chi connectivity index (χ4v) is 4.80. The number of hydrogen-bond acceptors (Lipinski definition) is 10. The number of amides is 1. The third-order valence-corrected chi connectivity index (χ3v) is 7.42. The monoisotopic (exact) mass is 588 g/mol. The second-order valence-electron chi connectivity index (χ2n) is 10.2. The third kappa shape index (κ3) is 5.26. The van der Waals surface area contributed by atoms with Crippen LogP contribution < -0.4 is 15.5 Å². The van der Waals surface area contributed by atoms with Crippen molar-refractivity contribution in [3.05, 3.63) is 34.5 Å². The van der Waals surface area contributed by atoms with Crippen LogP contribution in [-0.2, 0) is 4.79 Å². The lowest BCUT2D eigenvalue weighted by Crippen LogP contribution is -2.62. The molecule has 2 aromatic heterocycles. The van der Waals surface area contributed by atoms with E-state index < -0.39 is 23.7 Å². The first-order valence-corrected chi connectivity index (χ1v) is 13.0. The van der Waals surface area contributed by atoms with Gasteiger partial charge in [0.25, 0.3) is 5.91 Å². The van der Waals surface area contributed by atoms with E-state index in [-0.39, 0.29) is 59.1 Å². The predicted molar refractivity (Wildman–Crippen MR) is 142 cm³/mol. The molecular formula is C25H24ClF3N10O2. The highest BCUT2D eigenvalue weighted by atomic mass is 35.5. The van der Waals surface area contributed by atoms with Gasteiger partial charge in [-0.25, -0.2) is 0 Å². The largest absolute Gasteiger partial charge is 0.426 e. The maximum atomic E-state index is 13.2. The van der Waals surface area contributed by atoms with Gasteiger partial charge in [0.15, 0.2) is 5.65 Å². The molecule has 16 heteroatoms. The van der Waals surface area contributed by atoms with Crippen molar-refractivity contribution in [3.8, 4) is 12.1 Å². The molecule has 41 heavy (non-hydrogen) atoms. The molecule has 0 spiro atoms. The van der Waals surface area contributed by atoms with Crippen molar-refractivity contribution in [2.45, 2.75) is 50.6 Å². The lowest BCUT2D eigenvalue weighted by Gasteiger charge is -2.43. The average molecular weight is 589 g/mol. The van der Waals surface area contributed by atoms with Gasteiger partial charge in [0.2, 0.25) is 17.5 Å². The summed E-state index contributed by atoms with van der Waals surface area (Å²) in [6.45, 7) is 1.99. The number of aromatic nitrogens is 4. The summed E-state index contributed by atoms with van der Waals surface area (Å²) in [5, 5.41) is 39.7. The van der Waals surface area contributed by atoms with Crippen LogP contribution >= 0.6 is 11.6 Å². The molecule has 1 amide bonds. The van der Waals surface area contributed by atoms with Crippen molar-refractivity contribution in [2.75, 3.05) is 35.2 Å². The van der Waals surface area contributed by atoms with Gasteiger partial charge in [-0.3, -0.25) is 4.79 Å². The van der Waals surface area contributed by atoms with E-state index in [1.54, 1.807) is 17.9 Å². The first kappa shape index (κ1) is 28.2. The quantitative estimate of drug-likeness (QED) is 0.390. The molecule has 5 rings (SSSR count). The highest BCUT2D eigenvalue weighted by Crippen LogP contribution is 2.38. The lowest BCUT2D eigenvalue weighted by atomic mass is 10.0. The molecule has 12 nitrogen and oxygen atoms in total. The Bertz CT molecular complexity index is 1610. The SMILES string of the molecule is C[C@H]1CN(C(=O)[C@@](C)(O)C(F)(F)F)CCN1c1cc(C#N)cc(Nc2nc(NC3CC3)n3ncc(C#N)c3n2)c1Cl. The molecule has 214 valence electrons. The molecule has 0 radical (unpaired) electrons. The fraction of sp³-hybridized carbons (Fsp3) is 0.440. The molecule has 3 N–H and O–H groups in total. The Labute approximate surface area is 236 Å². The van der Waals surface area contributed by atoms with Gasteiger partial charge in [0, 0.05) is 31.7 Å². The number of carbonyl (C=O) groups excluding carboxylic acids is 1. The number of anilines is 4. The minimum absolute atomic E-state index is 0.0914. The van der Waals surface area contributed by atoms with Crippen LogP contribution in [0, 0.1) is 22.7 Å². The lowest BCUT2D eigenvalue weighted by molar-refractivity contribution is -0.250. The number of nitriles is 2. The number of nitrogens with zero attached hydrogens (tertiary/aromatic N) is 8. The topological polar surface area (TPSA) is 158 Å². The zero-order valence-electron chi connectivity index (χ0n) is 21.9. The average Bonchev–Trinajstić information content (AvgIpc) is 3.64. The van der Waals surface area contributed by atoms with E-state index in [2.05, 4.69) is 31.8 Å². The van der Waals surface area contributed by atoms with Crippen molar-refractivity contribution >= 4 is 46.4 Å². The standard InChI is InChI=1S/C25H24ClF3N10O2/c1-13-12-37(21(40)24(2,41)25(27,28)29)5-6-38(13)18-8-14(9-30)7-17(19(18)26)34-22-35-20-15(10-31)11-32-39(20)23(36-22)33-16-3-4-16/h7-8,11,13,16,41H,3-6,12H2,1-2H3,(H2,33,34,35,36)/t13-,24+/m0/s1. The summed E-state index contributed by atoms with van der Waals surface area (Å²) < 4.78 is 41.1. The van der Waals surface area contributed by atoms with Crippen LogP contribution in [0.5, 0.6) is 0 Å². The highest BCUT2D eigenvalue weighted by molar-refractivity contribution is 6.36. The number of aliphatic hydroxyl groups is 1. The summed E-state index contributed by atoms with van der Waals surface area (Å²) in [6, 6.07) is 6.87. The van der Waals surface area contributed by atoms with Gasteiger partial charge in [0.1, 0.15) is 11.6 Å². The van der Waals surface area contributed by atoms with Crippen LogP contribution in [0.2, 0.25) is 5.02 Å². The van der Waals surface area contributed by atoms with E-state index in [4.69, 9.17) is 11.6 Å². The second kappa shape index (κ2) is 10.2. The van der Waals surface area contributed by atoms with Crippen LogP contribution in [0.25, 0.3) is 5.65 Å². The van der Waals surface area contributed by atoms with Crippen molar-refractivity contribution in [1.82, 2.24) is 24.5 Å². The summed E-state index contributed by atoms with van der Waals surface area (Å²) >= 11 is 6.78. The number of alkyl halides is 3. The minimum Gasteiger partial charge on any atom is -0.373 e. The fourth-order valence-electron chi connectivity index (χ4n) is 4.54. The van der Waals surface area contributed by atoms with Crippen molar-refractivity contribution in [3.63, 3.8) is 0 Å². The van der Waals surface area contributed by atoms with Crippen LogP contribution in [-0.4, -0.2) is 79.0 Å². The van der Waals surface area contributed by atoms with Crippen LogP contribution in [0.1, 0.15) is 37.8 Å². The van der Waals surface area contributed by atoms with E-state index in [0.717, 1.165) is 17.7 Å². The van der Waals surface area contributed by atoms with Crippen molar-refractivity contribution < 1.29 is 23.1 Å². The minimum atomic E-state index is -5.13. The smallest absolute Gasteiger partial charge is 0.373 e. The first-order chi connectivity index (χ1) is 19.3. The summed E-state index contributed by atoms with van der Waals surface area (Å²) in [5.74, 6) is -0.965. The van der Waals surface area contributed by atoms with E-state index in [1.807, 2.05) is 6.07 Å². The molecule has 2 atom stereocenters. The predicted octanol–water partition coefficient (Wildman–Crippen LogP) is 3.19. The van der Waals surface area contributed by atoms with Gasteiger partial charge in [-0.05, 0) is 38.8 Å². The van der Waals surface area contributed by atoms with Gasteiger partial charge in [0.05, 0.1) is 34.2 Å². The van der Waals surface area contributed by atoms with Crippen molar-refractivity contribution in [1.29, 1.82) is 10.5 Å². The molecule has 1 saturated carbocycles. The molecule has 3 heterocycles. The van der Waals surface area contributed by atoms with Gasteiger partial charge >= 0.3 is 6.18 Å². The van der Waals surface area contributed by atoms with E-state index in [9.17, 15) is 33.6 Å². The molecule has 1 aromatic carbocycles. The van der Waals surface area contributed by atoms with E-state index in [1.165, 1.54) is 16.8 Å². The number of rotatable bonds is 6. The maximum absolute atomic E-state index is 13.2. The molecule has 0 bridgehead atoms.